The van der Waals surface area contributed by atoms with Crippen molar-refractivity contribution in [1.82, 2.24) is 0 Å². The van der Waals surface area contributed by atoms with Crippen LogP contribution in [-0.4, -0.2) is 11.6 Å². The molecule has 2 nitrogen and oxygen atoms in total. The Balaban J connectivity index is 2.03. The number of benzene rings is 3. The zero-order valence-electron chi connectivity index (χ0n) is 13.7. The number of halogens is 6. The highest BCUT2D eigenvalue weighted by atomic mass is 19.4. The summed E-state index contributed by atoms with van der Waals surface area (Å²) in [5, 5.41) is 1.16. The second kappa shape index (κ2) is 5.67. The van der Waals surface area contributed by atoms with Gasteiger partial charge >= 0.3 is 12.4 Å². The molecule has 0 aliphatic heterocycles. The van der Waals surface area contributed by atoms with Crippen molar-refractivity contribution in [3.63, 3.8) is 0 Å². The molecule has 142 valence electrons. The first-order valence-electron chi connectivity index (χ1n) is 7.93. The Morgan fingerprint density at radius 1 is 0.536 bits per heavy atom. The third-order valence-corrected chi connectivity index (χ3v) is 4.63. The summed E-state index contributed by atoms with van der Waals surface area (Å²) in [6, 6.07) is 9.61. The van der Waals surface area contributed by atoms with Gasteiger partial charge in [0, 0.05) is 22.3 Å². The molecule has 0 fully saturated rings. The highest BCUT2D eigenvalue weighted by Gasteiger charge is 2.45. The minimum atomic E-state index is -5.34. The lowest BCUT2D eigenvalue weighted by Crippen LogP contribution is -2.25. The van der Waals surface area contributed by atoms with Crippen molar-refractivity contribution < 1.29 is 35.9 Å². The van der Waals surface area contributed by atoms with E-state index in [1.54, 1.807) is 24.3 Å². The van der Waals surface area contributed by atoms with Gasteiger partial charge in [-0.05, 0) is 35.0 Å². The molecule has 0 N–H and O–H groups in total. The monoisotopic (exact) mass is 394 g/mol. The second-order valence-corrected chi connectivity index (χ2v) is 6.34. The average Bonchev–Trinajstić information content (AvgIpc) is 2.62. The Labute approximate surface area is 153 Å². The fourth-order valence-electron chi connectivity index (χ4n) is 3.35. The number of carbonyl (C=O) groups is 2. The number of fused-ring (bicyclic) bond motifs is 3. The maximum atomic E-state index is 13.2. The van der Waals surface area contributed by atoms with Crippen LogP contribution in [0, 0.1) is 0 Å². The second-order valence-electron chi connectivity index (χ2n) is 6.34. The summed E-state index contributed by atoms with van der Waals surface area (Å²) in [5.41, 5.74) is -5.64. The third-order valence-electron chi connectivity index (χ3n) is 4.63. The number of alkyl halides is 6. The van der Waals surface area contributed by atoms with E-state index in [0.717, 1.165) is 0 Å². The number of rotatable bonds is 0. The van der Waals surface area contributed by atoms with Crippen LogP contribution in [0.4, 0.5) is 26.3 Å². The van der Waals surface area contributed by atoms with Crippen LogP contribution in [0.15, 0.2) is 48.5 Å². The molecule has 0 atom stereocenters. The molecule has 28 heavy (non-hydrogen) atoms. The van der Waals surface area contributed by atoms with E-state index >= 15 is 0 Å². The van der Waals surface area contributed by atoms with Gasteiger partial charge in [0.2, 0.25) is 0 Å². The number of carbonyl (C=O) groups excluding carboxylic acids is 2. The molecular weight excluding hydrogens is 386 g/mol. The lowest BCUT2D eigenvalue weighted by atomic mass is 9.81. The molecule has 0 unspecified atom stereocenters. The number of hydrogen-bond acceptors (Lipinski definition) is 2. The van der Waals surface area contributed by atoms with Gasteiger partial charge in [-0.3, -0.25) is 9.59 Å². The van der Waals surface area contributed by atoms with Gasteiger partial charge in [0.05, 0.1) is 11.1 Å². The van der Waals surface area contributed by atoms with Gasteiger partial charge < -0.3 is 0 Å². The largest absolute Gasteiger partial charge is 0.417 e. The van der Waals surface area contributed by atoms with Crippen molar-refractivity contribution in [2.45, 2.75) is 12.4 Å². The minimum absolute atomic E-state index is 0.122. The molecular formula is C20H8F6O2. The first-order valence-corrected chi connectivity index (χ1v) is 7.93. The van der Waals surface area contributed by atoms with Crippen LogP contribution < -0.4 is 0 Å². The van der Waals surface area contributed by atoms with E-state index < -0.39 is 46.2 Å². The number of ketones is 2. The van der Waals surface area contributed by atoms with Gasteiger partial charge in [-0.1, -0.05) is 24.3 Å². The molecule has 4 rings (SSSR count). The first-order chi connectivity index (χ1) is 13.0. The highest BCUT2D eigenvalue weighted by Crippen LogP contribution is 2.43. The zero-order valence-corrected chi connectivity index (χ0v) is 13.7. The fourth-order valence-corrected chi connectivity index (χ4v) is 3.35. The Hall–Kier alpha value is -3.16. The van der Waals surface area contributed by atoms with Crippen LogP contribution >= 0.6 is 0 Å². The van der Waals surface area contributed by atoms with Gasteiger partial charge in [0.25, 0.3) is 0 Å². The molecule has 3 aromatic carbocycles. The molecule has 0 amide bonds. The Morgan fingerprint density at radius 2 is 0.857 bits per heavy atom. The van der Waals surface area contributed by atoms with E-state index in [9.17, 15) is 35.9 Å². The predicted octanol–water partition coefficient (Wildman–Crippen LogP) is 5.65. The highest BCUT2D eigenvalue weighted by molar-refractivity contribution is 6.29. The summed E-state index contributed by atoms with van der Waals surface area (Å²) in [6.45, 7) is 0. The summed E-state index contributed by atoms with van der Waals surface area (Å²) in [6.07, 6.45) is -10.7. The van der Waals surface area contributed by atoms with Crippen LogP contribution in [0.3, 0.4) is 0 Å². The first kappa shape index (κ1) is 18.2. The molecule has 8 heteroatoms. The minimum Gasteiger partial charge on any atom is -0.289 e. The van der Waals surface area contributed by atoms with Crippen LogP contribution in [0.5, 0.6) is 0 Å². The summed E-state index contributed by atoms with van der Waals surface area (Å²) in [7, 11) is 0. The van der Waals surface area contributed by atoms with Gasteiger partial charge in [0.15, 0.2) is 11.6 Å². The summed E-state index contributed by atoms with van der Waals surface area (Å²) in [4.78, 5) is 25.5. The maximum Gasteiger partial charge on any atom is 0.417 e. The van der Waals surface area contributed by atoms with Crippen molar-refractivity contribution in [1.29, 1.82) is 0 Å². The quantitative estimate of drug-likeness (QED) is 0.361. The van der Waals surface area contributed by atoms with Gasteiger partial charge in [-0.15, -0.1) is 0 Å². The van der Waals surface area contributed by atoms with Gasteiger partial charge in [-0.25, -0.2) is 0 Å². The van der Waals surface area contributed by atoms with Crippen molar-refractivity contribution in [2.24, 2.45) is 0 Å². The van der Waals surface area contributed by atoms with E-state index in [4.69, 9.17) is 0 Å². The average molecular weight is 394 g/mol. The van der Waals surface area contributed by atoms with E-state index in [1.165, 1.54) is 12.1 Å². The third kappa shape index (κ3) is 2.67. The molecule has 0 aromatic heterocycles. The topological polar surface area (TPSA) is 34.1 Å². The van der Waals surface area contributed by atoms with Crippen molar-refractivity contribution >= 4 is 22.3 Å². The van der Waals surface area contributed by atoms with E-state index in [2.05, 4.69) is 0 Å². The molecule has 0 spiro atoms. The summed E-state index contributed by atoms with van der Waals surface area (Å²) >= 11 is 0. The molecule has 0 heterocycles. The predicted molar refractivity (Wildman–Crippen MR) is 87.3 cm³/mol. The molecule has 0 radical (unpaired) electrons. The molecule has 1 aliphatic carbocycles. The van der Waals surface area contributed by atoms with Crippen LogP contribution in [0.2, 0.25) is 0 Å². The van der Waals surface area contributed by atoms with Crippen molar-refractivity contribution in [2.75, 3.05) is 0 Å². The number of hydrogen-bond donors (Lipinski definition) is 0. The fraction of sp³-hybridized carbons (Fsp3) is 0.100. The molecule has 0 saturated heterocycles. The maximum absolute atomic E-state index is 13.2. The van der Waals surface area contributed by atoms with Crippen LogP contribution in [-0.2, 0) is 12.4 Å². The Kier molecular flexibility index (Phi) is 3.69. The SMILES string of the molecule is O=C1c2cc(C(F)(F)F)c(C(F)(F)F)cc2C(=O)c2cc3ccccc3cc21. The van der Waals surface area contributed by atoms with Crippen molar-refractivity contribution in [3.8, 4) is 0 Å². The standard InChI is InChI=1S/C20H8F6O2/c21-19(22,23)15-7-13-14(8-16(15)20(24,25)26)18(28)12-6-10-4-2-1-3-9(10)5-11(12)17(13)27/h1-8H. The molecule has 3 aromatic rings. The smallest absolute Gasteiger partial charge is 0.289 e. The van der Waals surface area contributed by atoms with Crippen LogP contribution in [0.1, 0.15) is 43.0 Å². The lowest BCUT2D eigenvalue weighted by molar-refractivity contribution is -0.162. The normalized spacial score (nSPS) is 14.2. The van der Waals surface area contributed by atoms with Gasteiger partial charge in [0.1, 0.15) is 0 Å². The van der Waals surface area contributed by atoms with E-state index in [-0.39, 0.29) is 23.3 Å². The molecule has 0 bridgehead atoms. The summed E-state index contributed by atoms with van der Waals surface area (Å²) < 4.78 is 79.1. The Morgan fingerprint density at radius 3 is 1.18 bits per heavy atom. The van der Waals surface area contributed by atoms with E-state index in [1.807, 2.05) is 0 Å². The van der Waals surface area contributed by atoms with E-state index in [0.29, 0.717) is 10.8 Å². The zero-order chi connectivity index (χ0) is 20.4. The summed E-state index contributed by atoms with van der Waals surface area (Å²) in [5.74, 6) is -1.84. The molecule has 1 aliphatic rings. The molecule has 0 saturated carbocycles. The lowest BCUT2D eigenvalue weighted by Gasteiger charge is -2.22. The van der Waals surface area contributed by atoms with Gasteiger partial charge in [-0.2, -0.15) is 26.3 Å². The van der Waals surface area contributed by atoms with Crippen LogP contribution in [0.25, 0.3) is 10.8 Å². The van der Waals surface area contributed by atoms with Crippen molar-refractivity contribution in [3.05, 3.63) is 81.9 Å². The Bertz CT molecular complexity index is 1080.